The molecule has 0 atom stereocenters. The number of aryl methyl sites for hydroxylation is 2. The van der Waals surface area contributed by atoms with Crippen LogP contribution in [0, 0.1) is 13.8 Å². The molecule has 3 nitrogen and oxygen atoms in total. The van der Waals surface area contributed by atoms with Crippen molar-refractivity contribution >= 4 is 16.6 Å². The van der Waals surface area contributed by atoms with Gasteiger partial charge in [0.2, 0.25) is 0 Å². The van der Waals surface area contributed by atoms with Gasteiger partial charge in [-0.25, -0.2) is 0 Å². The van der Waals surface area contributed by atoms with E-state index >= 15 is 0 Å². The van der Waals surface area contributed by atoms with Gasteiger partial charge in [-0.1, -0.05) is 18.2 Å². The lowest BCUT2D eigenvalue weighted by atomic mass is 10.1. The first-order valence-corrected chi connectivity index (χ1v) is 4.97. The summed E-state index contributed by atoms with van der Waals surface area (Å²) in [5, 5.41) is 9.50. The van der Waals surface area contributed by atoms with Crippen molar-refractivity contribution in [2.45, 2.75) is 13.8 Å². The Hall–Kier alpha value is -1.90. The molecule has 0 aliphatic carbocycles. The van der Waals surface area contributed by atoms with Crippen LogP contribution < -0.4 is 0 Å². The van der Waals surface area contributed by atoms with Gasteiger partial charge >= 0.3 is 0 Å². The van der Waals surface area contributed by atoms with E-state index in [0.29, 0.717) is 0 Å². The minimum atomic E-state index is 0.920. The van der Waals surface area contributed by atoms with E-state index in [1.807, 2.05) is 13.0 Å². The van der Waals surface area contributed by atoms with Crippen molar-refractivity contribution in [3.05, 3.63) is 41.7 Å². The monoisotopic (exact) mass is 197 g/mol. The number of aromatic nitrogens is 3. The Morgan fingerprint density at radius 2 is 1.87 bits per heavy atom. The molecule has 1 aromatic carbocycles. The Kier molecular flexibility index (Phi) is 1.57. The molecule has 0 radical (unpaired) electrons. The highest BCUT2D eigenvalue weighted by Gasteiger charge is 2.06. The van der Waals surface area contributed by atoms with E-state index in [1.54, 1.807) is 0 Å². The van der Waals surface area contributed by atoms with Crippen LogP contribution in [-0.2, 0) is 0 Å². The largest absolute Gasteiger partial charge is 0.279 e. The molecule has 2 heterocycles. The van der Waals surface area contributed by atoms with Crippen molar-refractivity contribution in [1.29, 1.82) is 0 Å². The second kappa shape index (κ2) is 2.79. The number of benzene rings is 1. The average molecular weight is 197 g/mol. The van der Waals surface area contributed by atoms with E-state index in [0.717, 1.165) is 11.5 Å². The average Bonchev–Trinajstić information content (AvgIpc) is 2.61. The fraction of sp³-hybridized carbons (Fsp3) is 0.167. The van der Waals surface area contributed by atoms with E-state index in [1.165, 1.54) is 16.5 Å². The second-order valence-corrected chi connectivity index (χ2v) is 3.79. The second-order valence-electron chi connectivity index (χ2n) is 3.79. The van der Waals surface area contributed by atoms with Crippen molar-refractivity contribution in [1.82, 2.24) is 14.6 Å². The summed E-state index contributed by atoms with van der Waals surface area (Å²) in [7, 11) is 0. The van der Waals surface area contributed by atoms with Crippen LogP contribution in [0.15, 0.2) is 30.3 Å². The van der Waals surface area contributed by atoms with Crippen LogP contribution in [0.1, 0.15) is 11.4 Å². The first kappa shape index (κ1) is 8.41. The van der Waals surface area contributed by atoms with E-state index < -0.39 is 0 Å². The minimum absolute atomic E-state index is 0.920. The lowest BCUT2D eigenvalue weighted by Crippen LogP contribution is -1.92. The van der Waals surface area contributed by atoms with Gasteiger partial charge in [0.15, 0.2) is 5.65 Å². The maximum Gasteiger partial charge on any atom is 0.161 e. The number of hydrogen-bond donors (Lipinski definition) is 0. The Balaban J connectivity index is 2.67. The van der Waals surface area contributed by atoms with E-state index in [9.17, 15) is 0 Å². The number of nitrogens with zero attached hydrogens (tertiary/aromatic N) is 3. The number of rotatable bonds is 0. The third-order valence-corrected chi connectivity index (χ3v) is 2.77. The van der Waals surface area contributed by atoms with Crippen molar-refractivity contribution in [3.63, 3.8) is 0 Å². The fourth-order valence-corrected chi connectivity index (χ4v) is 2.04. The predicted molar refractivity (Wildman–Crippen MR) is 60.0 cm³/mol. The molecule has 0 spiro atoms. The molecule has 0 amide bonds. The highest BCUT2D eigenvalue weighted by molar-refractivity contribution is 5.85. The molecule has 74 valence electrons. The van der Waals surface area contributed by atoms with Crippen molar-refractivity contribution < 1.29 is 0 Å². The zero-order valence-electron chi connectivity index (χ0n) is 8.73. The number of pyridine rings is 1. The van der Waals surface area contributed by atoms with E-state index in [-0.39, 0.29) is 0 Å². The number of fused-ring (bicyclic) bond motifs is 3. The lowest BCUT2D eigenvalue weighted by molar-refractivity contribution is 1.02. The molecular formula is C12H11N3. The Morgan fingerprint density at radius 3 is 2.73 bits per heavy atom. The topological polar surface area (TPSA) is 30.2 Å². The van der Waals surface area contributed by atoms with Gasteiger partial charge in [0.1, 0.15) is 5.82 Å². The molecule has 3 aromatic rings. The molecule has 0 unspecified atom stereocenters. The van der Waals surface area contributed by atoms with Gasteiger partial charge in [0, 0.05) is 5.39 Å². The van der Waals surface area contributed by atoms with Crippen molar-refractivity contribution in [2.24, 2.45) is 0 Å². The van der Waals surface area contributed by atoms with Crippen LogP contribution >= 0.6 is 0 Å². The molecule has 0 aliphatic heterocycles. The summed E-state index contributed by atoms with van der Waals surface area (Å²) in [4.78, 5) is 0. The SMILES string of the molecule is Cc1cc2nnc(C)n2c2ccccc12. The Morgan fingerprint density at radius 1 is 1.07 bits per heavy atom. The standard InChI is InChI=1S/C12H11N3/c1-8-7-12-14-13-9(2)15(12)11-6-4-3-5-10(8)11/h3-7H,1-2H3. The molecule has 0 fully saturated rings. The smallest absolute Gasteiger partial charge is 0.161 e. The summed E-state index contributed by atoms with van der Waals surface area (Å²) < 4.78 is 2.09. The Bertz CT molecular complexity index is 652. The highest BCUT2D eigenvalue weighted by Crippen LogP contribution is 2.20. The van der Waals surface area contributed by atoms with Crippen LogP contribution in [0.4, 0.5) is 0 Å². The quantitative estimate of drug-likeness (QED) is 0.554. The molecule has 3 heteroatoms. The molecule has 15 heavy (non-hydrogen) atoms. The Labute approximate surface area is 87.4 Å². The zero-order valence-corrected chi connectivity index (χ0v) is 8.73. The van der Waals surface area contributed by atoms with Gasteiger partial charge in [-0.15, -0.1) is 10.2 Å². The number of para-hydroxylation sites is 1. The maximum absolute atomic E-state index is 4.14. The first-order valence-electron chi connectivity index (χ1n) is 4.97. The van der Waals surface area contributed by atoms with Gasteiger partial charge in [0.25, 0.3) is 0 Å². The van der Waals surface area contributed by atoms with Gasteiger partial charge in [-0.05, 0) is 31.5 Å². The third-order valence-electron chi connectivity index (χ3n) is 2.77. The molecule has 2 aromatic heterocycles. The summed E-state index contributed by atoms with van der Waals surface area (Å²) in [5.74, 6) is 0.932. The summed E-state index contributed by atoms with van der Waals surface area (Å²) in [6, 6.07) is 10.4. The van der Waals surface area contributed by atoms with Crippen molar-refractivity contribution in [3.8, 4) is 0 Å². The van der Waals surface area contributed by atoms with E-state index in [2.05, 4.69) is 45.8 Å². The molecule has 3 rings (SSSR count). The van der Waals surface area contributed by atoms with Gasteiger partial charge in [-0.3, -0.25) is 4.40 Å². The molecule has 0 bridgehead atoms. The maximum atomic E-state index is 4.14. The summed E-state index contributed by atoms with van der Waals surface area (Å²) >= 11 is 0. The van der Waals surface area contributed by atoms with Crippen LogP contribution in [0.25, 0.3) is 16.6 Å². The molecule has 0 saturated heterocycles. The first-order chi connectivity index (χ1) is 7.27. The highest BCUT2D eigenvalue weighted by atomic mass is 15.2. The predicted octanol–water partition coefficient (Wildman–Crippen LogP) is 2.50. The van der Waals surface area contributed by atoms with Gasteiger partial charge in [-0.2, -0.15) is 0 Å². The summed E-state index contributed by atoms with van der Waals surface area (Å²) in [5.41, 5.74) is 3.34. The number of hydrogen-bond acceptors (Lipinski definition) is 2. The molecule has 0 aliphatic rings. The summed E-state index contributed by atoms with van der Waals surface area (Å²) in [6.07, 6.45) is 0. The zero-order chi connectivity index (χ0) is 10.4. The summed E-state index contributed by atoms with van der Waals surface area (Å²) in [6.45, 7) is 4.08. The van der Waals surface area contributed by atoms with Gasteiger partial charge in [0.05, 0.1) is 5.52 Å². The lowest BCUT2D eigenvalue weighted by Gasteiger charge is -2.05. The van der Waals surface area contributed by atoms with Crippen molar-refractivity contribution in [2.75, 3.05) is 0 Å². The normalized spacial score (nSPS) is 11.3. The van der Waals surface area contributed by atoms with Crippen LogP contribution in [-0.4, -0.2) is 14.6 Å². The van der Waals surface area contributed by atoms with Crippen LogP contribution in [0.2, 0.25) is 0 Å². The molecule has 0 saturated carbocycles. The molecular weight excluding hydrogens is 186 g/mol. The molecule has 0 N–H and O–H groups in total. The minimum Gasteiger partial charge on any atom is -0.279 e. The van der Waals surface area contributed by atoms with Gasteiger partial charge < -0.3 is 0 Å². The fourth-order valence-electron chi connectivity index (χ4n) is 2.04. The van der Waals surface area contributed by atoms with Crippen LogP contribution in [0.5, 0.6) is 0 Å². The third kappa shape index (κ3) is 1.06. The van der Waals surface area contributed by atoms with Crippen LogP contribution in [0.3, 0.4) is 0 Å². The van der Waals surface area contributed by atoms with E-state index in [4.69, 9.17) is 0 Å².